The van der Waals surface area contributed by atoms with Crippen LogP contribution in [0, 0.1) is 6.92 Å². The topological polar surface area (TPSA) is 57.5 Å². The Morgan fingerprint density at radius 2 is 1.88 bits per heavy atom. The van der Waals surface area contributed by atoms with Crippen LogP contribution in [0.4, 0.5) is 0 Å². The van der Waals surface area contributed by atoms with Gasteiger partial charge in [0.05, 0.1) is 11.1 Å². The molecular weight excluding hydrogens is 482 g/mol. The second-order valence-corrected chi connectivity index (χ2v) is 8.75. The molecule has 4 aromatic rings. The van der Waals surface area contributed by atoms with Gasteiger partial charge in [-0.1, -0.05) is 34.1 Å². The summed E-state index contributed by atoms with van der Waals surface area (Å²) in [6, 6.07) is 18.3. The van der Waals surface area contributed by atoms with Gasteiger partial charge in [-0.05, 0) is 61.9 Å². The second-order valence-electron chi connectivity index (χ2n) is 7.84. The highest BCUT2D eigenvalue weighted by atomic mass is 79.9. The van der Waals surface area contributed by atoms with Gasteiger partial charge in [-0.3, -0.25) is 4.79 Å². The summed E-state index contributed by atoms with van der Waals surface area (Å²) in [6.45, 7) is 4.71. The van der Waals surface area contributed by atoms with E-state index in [-0.39, 0.29) is 11.5 Å². The SMILES string of the molecule is CCn1cc(/C=C2\Oc3cc(OC(=O)c4ccc(Br)cc4)cc(C)c3C2=O)c2ccccc21. The molecule has 0 amide bonds. The average Bonchev–Trinajstić information content (AvgIpc) is 3.32. The third-order valence-corrected chi connectivity index (χ3v) is 6.21. The summed E-state index contributed by atoms with van der Waals surface area (Å²) in [5.74, 6) is 0.319. The number of para-hydroxylation sites is 1. The number of hydrogen-bond donors (Lipinski definition) is 0. The molecule has 5 rings (SSSR count). The molecule has 0 saturated carbocycles. The van der Waals surface area contributed by atoms with Crippen LogP contribution in [0.15, 0.2) is 77.1 Å². The smallest absolute Gasteiger partial charge is 0.343 e. The van der Waals surface area contributed by atoms with Crippen LogP contribution in [0.1, 0.15) is 38.8 Å². The summed E-state index contributed by atoms with van der Waals surface area (Å²) < 4.78 is 14.5. The Kier molecular flexibility index (Phi) is 5.38. The fourth-order valence-electron chi connectivity index (χ4n) is 4.08. The van der Waals surface area contributed by atoms with Crippen molar-refractivity contribution < 1.29 is 19.1 Å². The van der Waals surface area contributed by atoms with Crippen molar-refractivity contribution in [2.45, 2.75) is 20.4 Å². The van der Waals surface area contributed by atoms with Crippen LogP contribution in [0.25, 0.3) is 17.0 Å². The number of carbonyl (C=O) groups is 2. The summed E-state index contributed by atoms with van der Waals surface area (Å²) in [5.41, 5.74) is 3.64. The number of benzene rings is 3. The van der Waals surface area contributed by atoms with Crippen molar-refractivity contribution in [1.82, 2.24) is 4.57 Å². The van der Waals surface area contributed by atoms with E-state index in [0.29, 0.717) is 28.2 Å². The zero-order chi connectivity index (χ0) is 23.1. The monoisotopic (exact) mass is 501 g/mol. The normalized spacial score (nSPS) is 13.9. The molecule has 6 heteroatoms. The van der Waals surface area contributed by atoms with Crippen molar-refractivity contribution in [3.05, 3.63) is 99.3 Å². The number of ketones is 1. The quantitative estimate of drug-likeness (QED) is 0.180. The molecule has 0 N–H and O–H groups in total. The maximum absolute atomic E-state index is 13.1. The molecule has 1 aliphatic heterocycles. The highest BCUT2D eigenvalue weighted by molar-refractivity contribution is 9.10. The summed E-state index contributed by atoms with van der Waals surface area (Å²) in [6.07, 6.45) is 3.80. The molecule has 0 saturated heterocycles. The van der Waals surface area contributed by atoms with Gasteiger partial charge in [-0.15, -0.1) is 0 Å². The first-order chi connectivity index (χ1) is 15.9. The molecule has 0 unspecified atom stereocenters. The van der Waals surface area contributed by atoms with E-state index in [1.807, 2.05) is 31.3 Å². The van der Waals surface area contributed by atoms with Gasteiger partial charge in [-0.2, -0.15) is 0 Å². The average molecular weight is 502 g/mol. The zero-order valence-corrected chi connectivity index (χ0v) is 19.7. The minimum Gasteiger partial charge on any atom is -0.452 e. The van der Waals surface area contributed by atoms with Gasteiger partial charge in [0.25, 0.3) is 0 Å². The van der Waals surface area contributed by atoms with Crippen molar-refractivity contribution in [3.8, 4) is 11.5 Å². The summed E-state index contributed by atoms with van der Waals surface area (Å²) in [5, 5.41) is 1.06. The van der Waals surface area contributed by atoms with Gasteiger partial charge in [-0.25, -0.2) is 4.79 Å². The van der Waals surface area contributed by atoms with Crippen molar-refractivity contribution in [2.75, 3.05) is 0 Å². The molecule has 1 aliphatic rings. The Labute approximate surface area is 199 Å². The van der Waals surface area contributed by atoms with Gasteiger partial charge in [0.1, 0.15) is 11.5 Å². The number of esters is 1. The Morgan fingerprint density at radius 3 is 2.64 bits per heavy atom. The molecule has 0 fully saturated rings. The maximum Gasteiger partial charge on any atom is 0.343 e. The van der Waals surface area contributed by atoms with Crippen molar-refractivity contribution in [1.29, 1.82) is 0 Å². The lowest BCUT2D eigenvalue weighted by Gasteiger charge is -2.08. The predicted molar refractivity (Wildman–Crippen MR) is 131 cm³/mol. The molecular formula is C27H20BrNO4. The van der Waals surface area contributed by atoms with E-state index >= 15 is 0 Å². The lowest BCUT2D eigenvalue weighted by Crippen LogP contribution is -2.08. The van der Waals surface area contributed by atoms with Gasteiger partial charge >= 0.3 is 5.97 Å². The van der Waals surface area contributed by atoms with E-state index in [2.05, 4.69) is 33.5 Å². The number of halogens is 1. The fraction of sp³-hybridized carbons (Fsp3) is 0.111. The van der Waals surface area contributed by atoms with E-state index in [1.54, 1.807) is 42.5 Å². The summed E-state index contributed by atoms with van der Waals surface area (Å²) in [4.78, 5) is 25.6. The lowest BCUT2D eigenvalue weighted by atomic mass is 10.0. The first-order valence-corrected chi connectivity index (χ1v) is 11.4. The molecule has 0 bridgehead atoms. The fourth-order valence-corrected chi connectivity index (χ4v) is 4.35. The molecule has 164 valence electrons. The van der Waals surface area contributed by atoms with Gasteiger partial charge in [0, 0.05) is 39.7 Å². The van der Waals surface area contributed by atoms with Crippen LogP contribution in [-0.2, 0) is 6.54 Å². The predicted octanol–water partition coefficient (Wildman–Crippen LogP) is 6.57. The zero-order valence-electron chi connectivity index (χ0n) is 18.1. The lowest BCUT2D eigenvalue weighted by molar-refractivity contribution is 0.0734. The van der Waals surface area contributed by atoms with E-state index in [1.165, 1.54) is 0 Å². The molecule has 0 spiro atoms. The first-order valence-electron chi connectivity index (χ1n) is 10.6. The van der Waals surface area contributed by atoms with Crippen LogP contribution < -0.4 is 9.47 Å². The van der Waals surface area contributed by atoms with Crippen LogP contribution in [0.5, 0.6) is 11.5 Å². The third-order valence-electron chi connectivity index (χ3n) is 5.68. The minimum absolute atomic E-state index is 0.179. The number of nitrogens with zero attached hydrogens (tertiary/aromatic N) is 1. The molecule has 0 aliphatic carbocycles. The third kappa shape index (κ3) is 3.87. The number of aromatic nitrogens is 1. The van der Waals surface area contributed by atoms with Crippen molar-refractivity contribution in [3.63, 3.8) is 0 Å². The molecule has 2 heterocycles. The number of ether oxygens (including phenoxy) is 2. The van der Waals surface area contributed by atoms with E-state index in [4.69, 9.17) is 9.47 Å². The van der Waals surface area contributed by atoms with Crippen LogP contribution in [0.3, 0.4) is 0 Å². The largest absolute Gasteiger partial charge is 0.452 e. The highest BCUT2D eigenvalue weighted by Gasteiger charge is 2.30. The van der Waals surface area contributed by atoms with E-state index < -0.39 is 5.97 Å². The van der Waals surface area contributed by atoms with Crippen LogP contribution in [0.2, 0.25) is 0 Å². The van der Waals surface area contributed by atoms with Gasteiger partial charge < -0.3 is 14.0 Å². The van der Waals surface area contributed by atoms with Crippen LogP contribution in [-0.4, -0.2) is 16.3 Å². The number of carbonyl (C=O) groups excluding carboxylic acids is 2. The highest BCUT2D eigenvalue weighted by Crippen LogP contribution is 2.38. The Bertz CT molecular complexity index is 1450. The summed E-state index contributed by atoms with van der Waals surface area (Å²) >= 11 is 3.35. The standard InChI is InChI=1S/C27H20BrNO4/c1-3-29-15-18(21-6-4-5-7-22(21)29)13-24-26(30)25-16(2)12-20(14-23(25)33-24)32-27(31)17-8-10-19(28)11-9-17/h4-15H,3H2,1-2H3/b24-13-. The van der Waals surface area contributed by atoms with Gasteiger partial charge in [0.2, 0.25) is 5.78 Å². The minimum atomic E-state index is -0.477. The Hall–Kier alpha value is -3.64. The maximum atomic E-state index is 13.1. The molecule has 5 nitrogen and oxygen atoms in total. The Balaban J connectivity index is 1.46. The van der Waals surface area contributed by atoms with Crippen molar-refractivity contribution >= 4 is 44.7 Å². The second kappa shape index (κ2) is 8.37. The number of allylic oxidation sites excluding steroid dienone is 1. The number of hydrogen-bond acceptors (Lipinski definition) is 4. The van der Waals surface area contributed by atoms with Crippen LogP contribution >= 0.6 is 15.9 Å². The number of Topliss-reactive ketones (excluding diaryl/α,β-unsaturated/α-hetero) is 1. The number of rotatable bonds is 4. The molecule has 1 aromatic heterocycles. The molecule has 0 atom stereocenters. The Morgan fingerprint density at radius 1 is 1.12 bits per heavy atom. The van der Waals surface area contributed by atoms with Crippen molar-refractivity contribution in [2.24, 2.45) is 0 Å². The molecule has 0 radical (unpaired) electrons. The molecule has 33 heavy (non-hydrogen) atoms. The summed E-state index contributed by atoms with van der Waals surface area (Å²) in [7, 11) is 0. The molecule has 3 aromatic carbocycles. The van der Waals surface area contributed by atoms with E-state index in [9.17, 15) is 9.59 Å². The number of fused-ring (bicyclic) bond motifs is 2. The first kappa shape index (κ1) is 21.2. The number of aryl methyl sites for hydroxylation is 2. The van der Waals surface area contributed by atoms with Gasteiger partial charge in [0.15, 0.2) is 5.76 Å². The van der Waals surface area contributed by atoms with E-state index in [0.717, 1.165) is 27.5 Å².